The number of rotatable bonds is 6. The SMILES string of the molecule is COC1CN(c2cc(-c3cn(C4CC4)c4cnc(NC(C)=O)cc34)nn([C@@H](C)C(F)(F)F)c2=O)C1. The fourth-order valence-electron chi connectivity index (χ4n) is 4.30. The molecule has 3 aromatic heterocycles. The summed E-state index contributed by atoms with van der Waals surface area (Å²) in [5.74, 6) is 0.0288. The molecule has 1 aliphatic carbocycles. The van der Waals surface area contributed by atoms with Crippen LogP contribution in [0, 0.1) is 0 Å². The highest BCUT2D eigenvalue weighted by molar-refractivity contribution is 5.98. The summed E-state index contributed by atoms with van der Waals surface area (Å²) in [6.45, 7) is 3.08. The van der Waals surface area contributed by atoms with Crippen LogP contribution in [0.2, 0.25) is 0 Å². The molecule has 9 nitrogen and oxygen atoms in total. The Balaban J connectivity index is 1.70. The van der Waals surface area contributed by atoms with Crippen molar-refractivity contribution in [3.05, 3.63) is 34.9 Å². The van der Waals surface area contributed by atoms with Crippen molar-refractivity contribution in [3.63, 3.8) is 0 Å². The topological polar surface area (TPSA) is 94.3 Å². The van der Waals surface area contributed by atoms with Gasteiger partial charge in [-0.2, -0.15) is 18.3 Å². The first-order valence-corrected chi connectivity index (χ1v) is 11.3. The predicted octanol–water partition coefficient (Wildman–Crippen LogP) is 3.51. The van der Waals surface area contributed by atoms with Gasteiger partial charge < -0.3 is 19.5 Å². The number of aromatic nitrogens is 4. The van der Waals surface area contributed by atoms with Crippen molar-refractivity contribution in [3.8, 4) is 11.3 Å². The molecule has 5 rings (SSSR count). The van der Waals surface area contributed by atoms with E-state index in [1.807, 2.05) is 10.8 Å². The zero-order chi connectivity index (χ0) is 25.1. The molecule has 1 amide bonds. The Bertz CT molecular complexity index is 1360. The number of methoxy groups -OCH3 is 1. The highest BCUT2D eigenvalue weighted by Gasteiger charge is 2.40. The second-order valence-electron chi connectivity index (χ2n) is 9.09. The Labute approximate surface area is 198 Å². The minimum Gasteiger partial charge on any atom is -0.378 e. The molecule has 12 heteroatoms. The third-order valence-electron chi connectivity index (χ3n) is 6.52. The van der Waals surface area contributed by atoms with Gasteiger partial charge >= 0.3 is 6.18 Å². The molecule has 0 unspecified atom stereocenters. The van der Waals surface area contributed by atoms with E-state index in [1.165, 1.54) is 6.92 Å². The molecule has 2 aliphatic rings. The summed E-state index contributed by atoms with van der Waals surface area (Å²) in [7, 11) is 1.55. The maximum absolute atomic E-state index is 13.7. The molecule has 4 heterocycles. The van der Waals surface area contributed by atoms with Crippen LogP contribution in [0.25, 0.3) is 22.2 Å². The number of nitrogens with one attached hydrogen (secondary N) is 1. The number of anilines is 2. The summed E-state index contributed by atoms with van der Waals surface area (Å²) < 4.78 is 48.8. The number of hydrogen-bond acceptors (Lipinski definition) is 6. The summed E-state index contributed by atoms with van der Waals surface area (Å²) in [4.78, 5) is 30.7. The smallest absolute Gasteiger partial charge is 0.378 e. The number of halogens is 3. The van der Waals surface area contributed by atoms with E-state index in [4.69, 9.17) is 4.74 Å². The number of ether oxygens (including phenoxy) is 1. The van der Waals surface area contributed by atoms with Crippen molar-refractivity contribution in [2.45, 2.75) is 51.1 Å². The quantitative estimate of drug-likeness (QED) is 0.569. The monoisotopic (exact) mass is 490 g/mol. The molecular weight excluding hydrogens is 465 g/mol. The number of amides is 1. The number of alkyl halides is 3. The molecule has 1 saturated heterocycles. The molecule has 0 spiro atoms. The van der Waals surface area contributed by atoms with E-state index in [-0.39, 0.29) is 29.4 Å². The van der Waals surface area contributed by atoms with Crippen LogP contribution in [-0.4, -0.2) is 57.7 Å². The lowest BCUT2D eigenvalue weighted by Crippen LogP contribution is -2.54. The van der Waals surface area contributed by atoms with Crippen LogP contribution in [0.3, 0.4) is 0 Å². The molecule has 2 fully saturated rings. The van der Waals surface area contributed by atoms with E-state index in [2.05, 4.69) is 15.4 Å². The number of nitrogens with zero attached hydrogens (tertiary/aromatic N) is 5. The number of carbonyl (C=O) groups excluding carboxylic acids is 1. The molecule has 35 heavy (non-hydrogen) atoms. The van der Waals surface area contributed by atoms with Gasteiger partial charge in [-0.05, 0) is 31.9 Å². The molecule has 1 saturated carbocycles. The van der Waals surface area contributed by atoms with Gasteiger partial charge in [0.25, 0.3) is 5.56 Å². The molecule has 1 aliphatic heterocycles. The Morgan fingerprint density at radius 1 is 1.26 bits per heavy atom. The van der Waals surface area contributed by atoms with Gasteiger partial charge in [-0.1, -0.05) is 0 Å². The second-order valence-corrected chi connectivity index (χ2v) is 9.09. The lowest BCUT2D eigenvalue weighted by Gasteiger charge is -2.39. The molecule has 3 aromatic rings. The molecule has 0 aromatic carbocycles. The van der Waals surface area contributed by atoms with Gasteiger partial charge in [-0.15, -0.1) is 0 Å². The van der Waals surface area contributed by atoms with Crippen LogP contribution in [0.1, 0.15) is 38.8 Å². The van der Waals surface area contributed by atoms with Crippen molar-refractivity contribution in [1.29, 1.82) is 0 Å². The number of fused-ring (bicyclic) bond motifs is 1. The lowest BCUT2D eigenvalue weighted by atomic mass is 10.1. The summed E-state index contributed by atoms with van der Waals surface area (Å²) in [5, 5.41) is 7.51. The van der Waals surface area contributed by atoms with Crippen LogP contribution in [0.15, 0.2) is 29.3 Å². The Morgan fingerprint density at radius 3 is 2.57 bits per heavy atom. The Kier molecular flexibility index (Phi) is 5.58. The maximum atomic E-state index is 13.7. The average molecular weight is 490 g/mol. The van der Waals surface area contributed by atoms with Gasteiger partial charge in [-0.3, -0.25) is 9.59 Å². The zero-order valence-electron chi connectivity index (χ0n) is 19.5. The Hall–Kier alpha value is -3.41. The van der Waals surface area contributed by atoms with Gasteiger partial charge in [0, 0.05) is 50.3 Å². The fraction of sp³-hybridized carbons (Fsp3) is 0.478. The summed E-state index contributed by atoms with van der Waals surface area (Å²) in [6.07, 6.45) is 0.688. The highest BCUT2D eigenvalue weighted by atomic mass is 19.4. The van der Waals surface area contributed by atoms with Crippen molar-refractivity contribution < 1.29 is 22.7 Å². The standard InChI is InChI=1S/C23H25F3N6O3/c1-12(23(24,25)26)32-22(34)19(30-9-15(10-30)35-3)7-18(29-32)17-11-31(14-4-5-14)20-8-27-21(6-16(17)20)28-13(2)33/h6-8,11-12,14-15H,4-5,9-10H2,1-3H3,(H,27,28,33)/t12-/m0/s1. The normalized spacial score (nSPS) is 17.5. The maximum Gasteiger partial charge on any atom is 0.410 e. The minimum atomic E-state index is -4.65. The average Bonchev–Trinajstić information content (AvgIpc) is 3.53. The van der Waals surface area contributed by atoms with Gasteiger partial charge in [0.2, 0.25) is 5.91 Å². The van der Waals surface area contributed by atoms with E-state index in [9.17, 15) is 22.8 Å². The van der Waals surface area contributed by atoms with Crippen molar-refractivity contribution in [1.82, 2.24) is 19.3 Å². The van der Waals surface area contributed by atoms with E-state index >= 15 is 0 Å². The number of carbonyl (C=O) groups is 1. The molecule has 1 atom stereocenters. The highest BCUT2D eigenvalue weighted by Crippen LogP contribution is 2.42. The summed E-state index contributed by atoms with van der Waals surface area (Å²) in [5.41, 5.74) is 0.919. The Morgan fingerprint density at radius 2 is 1.97 bits per heavy atom. The molecule has 186 valence electrons. The number of hydrogen-bond donors (Lipinski definition) is 1. The molecular formula is C23H25F3N6O3. The number of pyridine rings is 1. The summed E-state index contributed by atoms with van der Waals surface area (Å²) >= 11 is 0. The molecule has 0 bridgehead atoms. The van der Waals surface area contributed by atoms with Crippen molar-refractivity contribution in [2.24, 2.45) is 0 Å². The third kappa shape index (κ3) is 4.26. The van der Waals surface area contributed by atoms with E-state index in [0.717, 1.165) is 25.3 Å². The van der Waals surface area contributed by atoms with E-state index in [0.29, 0.717) is 34.5 Å². The van der Waals surface area contributed by atoms with Crippen LogP contribution in [0.5, 0.6) is 0 Å². The fourth-order valence-corrected chi connectivity index (χ4v) is 4.30. The predicted molar refractivity (Wildman–Crippen MR) is 124 cm³/mol. The first kappa shape index (κ1) is 23.3. The van der Waals surface area contributed by atoms with Gasteiger partial charge in [0.1, 0.15) is 17.5 Å². The van der Waals surface area contributed by atoms with Crippen LogP contribution in [0.4, 0.5) is 24.7 Å². The summed E-state index contributed by atoms with van der Waals surface area (Å²) in [6, 6.07) is 1.37. The molecule has 1 N–H and O–H groups in total. The minimum absolute atomic E-state index is 0.0948. The largest absolute Gasteiger partial charge is 0.410 e. The van der Waals surface area contributed by atoms with E-state index < -0.39 is 17.8 Å². The van der Waals surface area contributed by atoms with Gasteiger partial charge in [-0.25, -0.2) is 9.67 Å². The van der Waals surface area contributed by atoms with Crippen molar-refractivity contribution >= 4 is 28.3 Å². The van der Waals surface area contributed by atoms with Crippen LogP contribution >= 0.6 is 0 Å². The van der Waals surface area contributed by atoms with Crippen LogP contribution in [-0.2, 0) is 9.53 Å². The van der Waals surface area contributed by atoms with Crippen LogP contribution < -0.4 is 15.8 Å². The van der Waals surface area contributed by atoms with E-state index in [1.54, 1.807) is 30.3 Å². The molecule has 0 radical (unpaired) electrons. The lowest BCUT2D eigenvalue weighted by molar-refractivity contribution is -0.166. The first-order valence-electron chi connectivity index (χ1n) is 11.3. The van der Waals surface area contributed by atoms with Gasteiger partial charge in [0.15, 0.2) is 0 Å². The zero-order valence-corrected chi connectivity index (χ0v) is 19.5. The third-order valence-corrected chi connectivity index (χ3v) is 6.52. The first-order chi connectivity index (χ1) is 16.6. The van der Waals surface area contributed by atoms with Crippen molar-refractivity contribution in [2.75, 3.05) is 30.4 Å². The second kappa shape index (κ2) is 8.36. The van der Waals surface area contributed by atoms with Gasteiger partial charge in [0.05, 0.1) is 23.5 Å².